The molecule has 0 saturated heterocycles. The maximum absolute atomic E-state index is 12.8. The predicted molar refractivity (Wildman–Crippen MR) is 261 cm³/mol. The van der Waals surface area contributed by atoms with Crippen LogP contribution in [0.2, 0.25) is 0 Å². The van der Waals surface area contributed by atoms with Crippen molar-refractivity contribution in [2.45, 2.75) is 271 Å². The molecule has 354 valence electrons. The van der Waals surface area contributed by atoms with Crippen LogP contribution in [0.4, 0.5) is 0 Å². The molecular weight excluding hydrogens is 757 g/mol. The lowest BCUT2D eigenvalue weighted by Gasteiger charge is -2.18. The minimum atomic E-state index is -0.778. The highest BCUT2D eigenvalue weighted by atomic mass is 16.6. The molecule has 0 aliphatic rings. The van der Waals surface area contributed by atoms with E-state index < -0.39 is 6.10 Å². The molecule has 0 heterocycles. The first-order valence-electron chi connectivity index (χ1n) is 26.2. The van der Waals surface area contributed by atoms with Gasteiger partial charge in [0.2, 0.25) is 0 Å². The average molecular weight is 855 g/mol. The van der Waals surface area contributed by atoms with Crippen LogP contribution in [0.1, 0.15) is 265 Å². The number of unbranched alkanes of at least 4 members (excludes halogenated alkanes) is 31. The Labute approximate surface area is 378 Å². The summed E-state index contributed by atoms with van der Waals surface area (Å²) in [4.78, 5) is 38.0. The molecule has 6 nitrogen and oxygen atoms in total. The molecule has 0 aromatic rings. The molecule has 0 spiro atoms. The van der Waals surface area contributed by atoms with E-state index in [1.165, 1.54) is 141 Å². The Morgan fingerprint density at radius 2 is 0.639 bits per heavy atom. The fraction of sp³-hybridized carbons (Fsp3) is 0.800. The summed E-state index contributed by atoms with van der Waals surface area (Å²) in [5.41, 5.74) is 0. The summed E-state index contributed by atoms with van der Waals surface area (Å²) in [6.07, 6.45) is 59.4. The van der Waals surface area contributed by atoms with E-state index in [9.17, 15) is 14.4 Å². The number of esters is 3. The van der Waals surface area contributed by atoms with Gasteiger partial charge in [0.25, 0.3) is 0 Å². The van der Waals surface area contributed by atoms with E-state index in [4.69, 9.17) is 14.2 Å². The summed E-state index contributed by atoms with van der Waals surface area (Å²) < 4.78 is 16.8. The minimum Gasteiger partial charge on any atom is -0.462 e. The lowest BCUT2D eigenvalue weighted by Crippen LogP contribution is -2.30. The first-order chi connectivity index (χ1) is 30.0. The summed E-state index contributed by atoms with van der Waals surface area (Å²) in [6, 6.07) is 0. The Morgan fingerprint density at radius 3 is 1.00 bits per heavy atom. The van der Waals surface area contributed by atoms with E-state index in [-0.39, 0.29) is 31.1 Å². The summed E-state index contributed by atoms with van der Waals surface area (Å²) in [7, 11) is 0. The van der Waals surface area contributed by atoms with Gasteiger partial charge in [0.05, 0.1) is 0 Å². The zero-order chi connectivity index (χ0) is 44.4. The molecule has 0 rings (SSSR count). The zero-order valence-corrected chi connectivity index (χ0v) is 40.4. The third-order valence-corrected chi connectivity index (χ3v) is 11.4. The smallest absolute Gasteiger partial charge is 0.306 e. The number of carbonyl (C=O) groups excluding carboxylic acids is 3. The van der Waals surface area contributed by atoms with Crippen molar-refractivity contribution in [2.24, 2.45) is 0 Å². The molecule has 0 saturated carbocycles. The van der Waals surface area contributed by atoms with Crippen LogP contribution in [0.5, 0.6) is 0 Å². The van der Waals surface area contributed by atoms with Crippen molar-refractivity contribution in [3.63, 3.8) is 0 Å². The van der Waals surface area contributed by atoms with Crippen LogP contribution in [0.3, 0.4) is 0 Å². The van der Waals surface area contributed by atoms with Crippen LogP contribution in [0, 0.1) is 0 Å². The van der Waals surface area contributed by atoms with Gasteiger partial charge in [0.1, 0.15) is 13.2 Å². The molecule has 0 fully saturated rings. The number of carbonyl (C=O) groups is 3. The summed E-state index contributed by atoms with van der Waals surface area (Å²) in [6.45, 7) is 6.50. The summed E-state index contributed by atoms with van der Waals surface area (Å²) in [5, 5.41) is 0. The molecule has 0 bridgehead atoms. The maximum Gasteiger partial charge on any atom is 0.306 e. The highest BCUT2D eigenvalue weighted by Gasteiger charge is 2.19. The Kier molecular flexibility index (Phi) is 47.9. The van der Waals surface area contributed by atoms with Crippen molar-refractivity contribution in [1.29, 1.82) is 0 Å². The highest BCUT2D eigenvalue weighted by molar-refractivity contribution is 5.71. The van der Waals surface area contributed by atoms with Crippen LogP contribution in [-0.4, -0.2) is 37.2 Å². The zero-order valence-electron chi connectivity index (χ0n) is 40.4. The fourth-order valence-corrected chi connectivity index (χ4v) is 7.51. The molecule has 1 atom stereocenters. The minimum absolute atomic E-state index is 0.0770. The lowest BCUT2D eigenvalue weighted by molar-refractivity contribution is -0.167. The number of hydrogen-bond acceptors (Lipinski definition) is 6. The van der Waals surface area contributed by atoms with Crippen molar-refractivity contribution in [3.05, 3.63) is 48.6 Å². The Morgan fingerprint density at radius 1 is 0.344 bits per heavy atom. The van der Waals surface area contributed by atoms with Crippen molar-refractivity contribution >= 4 is 17.9 Å². The SMILES string of the molecule is CC\C=C/C=C\C=C/C=C\CCCCCCCC(=O)OCC(COC(=O)CCCCCCCCCCCCCCC)OC(=O)CCCCCCCCCCCCCCCCC. The Hall–Kier alpha value is -2.63. The van der Waals surface area contributed by atoms with Gasteiger partial charge in [-0.25, -0.2) is 0 Å². The largest absolute Gasteiger partial charge is 0.462 e. The summed E-state index contributed by atoms with van der Waals surface area (Å²) >= 11 is 0. The second kappa shape index (κ2) is 50.0. The normalized spacial score (nSPS) is 12.4. The topological polar surface area (TPSA) is 78.9 Å². The first kappa shape index (κ1) is 58.4. The van der Waals surface area contributed by atoms with E-state index in [0.29, 0.717) is 19.3 Å². The molecular formula is C55H98O6. The average Bonchev–Trinajstić information content (AvgIpc) is 3.26. The van der Waals surface area contributed by atoms with Crippen molar-refractivity contribution < 1.29 is 28.6 Å². The van der Waals surface area contributed by atoms with Crippen molar-refractivity contribution in [3.8, 4) is 0 Å². The maximum atomic E-state index is 12.8. The van der Waals surface area contributed by atoms with Gasteiger partial charge in [-0.1, -0.05) is 256 Å². The van der Waals surface area contributed by atoms with E-state index >= 15 is 0 Å². The molecule has 0 amide bonds. The second-order valence-electron chi connectivity index (χ2n) is 17.5. The number of ether oxygens (including phenoxy) is 3. The van der Waals surface area contributed by atoms with Gasteiger partial charge in [-0.2, -0.15) is 0 Å². The van der Waals surface area contributed by atoms with Crippen LogP contribution >= 0.6 is 0 Å². The van der Waals surface area contributed by atoms with Gasteiger partial charge in [-0.3, -0.25) is 14.4 Å². The molecule has 0 aliphatic carbocycles. The molecule has 0 aliphatic heterocycles. The van der Waals surface area contributed by atoms with Gasteiger partial charge in [0.15, 0.2) is 6.10 Å². The highest BCUT2D eigenvalue weighted by Crippen LogP contribution is 2.16. The number of hydrogen-bond donors (Lipinski definition) is 0. The summed E-state index contributed by atoms with van der Waals surface area (Å²) in [5.74, 6) is -0.890. The van der Waals surface area contributed by atoms with Gasteiger partial charge in [-0.05, 0) is 38.5 Å². The second-order valence-corrected chi connectivity index (χ2v) is 17.5. The fourth-order valence-electron chi connectivity index (χ4n) is 7.51. The van der Waals surface area contributed by atoms with Crippen molar-refractivity contribution in [1.82, 2.24) is 0 Å². The van der Waals surface area contributed by atoms with Gasteiger partial charge in [0, 0.05) is 19.3 Å². The van der Waals surface area contributed by atoms with Crippen LogP contribution in [0.25, 0.3) is 0 Å². The van der Waals surface area contributed by atoms with Crippen LogP contribution < -0.4 is 0 Å². The molecule has 1 unspecified atom stereocenters. The number of allylic oxidation sites excluding steroid dienone is 8. The van der Waals surface area contributed by atoms with E-state index in [1.54, 1.807) is 0 Å². The van der Waals surface area contributed by atoms with Gasteiger partial charge >= 0.3 is 17.9 Å². The Balaban J connectivity index is 4.39. The standard InChI is InChI=1S/C55H98O6/c1-4-7-10-13-16-19-22-25-27-30-33-36-39-42-45-48-54(57)60-51-52(50-59-53(56)47-44-41-38-35-32-29-24-21-18-15-12-9-6-3)61-55(58)49-46-43-40-37-34-31-28-26-23-20-17-14-11-8-5-2/h7,10,13,16,19,22,25,27,52H,4-6,8-9,11-12,14-15,17-18,20-21,23-24,26,28-51H2,1-3H3/b10-7-,16-13-,22-19-,27-25-. The van der Waals surface area contributed by atoms with Crippen LogP contribution in [-0.2, 0) is 28.6 Å². The lowest BCUT2D eigenvalue weighted by atomic mass is 10.0. The molecule has 0 aromatic carbocycles. The monoisotopic (exact) mass is 855 g/mol. The quantitative estimate of drug-likeness (QED) is 0.0263. The first-order valence-corrected chi connectivity index (χ1v) is 26.2. The van der Waals surface area contributed by atoms with E-state index in [2.05, 4.69) is 51.2 Å². The third-order valence-electron chi connectivity index (χ3n) is 11.4. The van der Waals surface area contributed by atoms with E-state index in [0.717, 1.165) is 83.5 Å². The molecule has 0 N–H and O–H groups in total. The molecule has 61 heavy (non-hydrogen) atoms. The molecule has 0 aromatic heterocycles. The third kappa shape index (κ3) is 48.3. The number of rotatable bonds is 47. The predicted octanol–water partition coefficient (Wildman–Crippen LogP) is 17.1. The van der Waals surface area contributed by atoms with Gasteiger partial charge < -0.3 is 14.2 Å². The Bertz CT molecular complexity index is 1070. The van der Waals surface area contributed by atoms with Crippen molar-refractivity contribution in [2.75, 3.05) is 13.2 Å². The van der Waals surface area contributed by atoms with Crippen LogP contribution in [0.15, 0.2) is 48.6 Å². The van der Waals surface area contributed by atoms with E-state index in [1.807, 2.05) is 18.2 Å². The van der Waals surface area contributed by atoms with Gasteiger partial charge in [-0.15, -0.1) is 0 Å². The molecule has 0 radical (unpaired) electrons. The molecule has 6 heteroatoms.